The van der Waals surface area contributed by atoms with Gasteiger partial charge in [-0.25, -0.2) is 4.98 Å². The second-order valence-electron chi connectivity index (χ2n) is 5.17. The second-order valence-corrected chi connectivity index (χ2v) is 6.94. The van der Waals surface area contributed by atoms with Crippen molar-refractivity contribution >= 4 is 37.7 Å². The summed E-state index contributed by atoms with van der Waals surface area (Å²) in [5, 5.41) is 0. The third kappa shape index (κ3) is 2.84. The lowest BCUT2D eigenvalue weighted by Gasteiger charge is -2.42. The van der Waals surface area contributed by atoms with Crippen molar-refractivity contribution in [3.8, 4) is 0 Å². The fraction of sp³-hybridized carbons (Fsp3) is 0.615. The van der Waals surface area contributed by atoms with Crippen molar-refractivity contribution in [2.24, 2.45) is 11.8 Å². The minimum Gasteiger partial charge on any atom is -0.352 e. The number of rotatable bonds is 1. The standard InChI is InChI=1S/C13H18Br2N2/c1-8-4-9(2)10(3)17(7-8)13-12(15)5-11(14)6-16-13/h5-6,8-10H,4,7H2,1-3H3. The van der Waals surface area contributed by atoms with E-state index in [-0.39, 0.29) is 0 Å². The van der Waals surface area contributed by atoms with E-state index in [0.717, 1.165) is 33.1 Å². The molecular formula is C13H18Br2N2. The summed E-state index contributed by atoms with van der Waals surface area (Å²) in [6.45, 7) is 8.05. The van der Waals surface area contributed by atoms with Gasteiger partial charge in [-0.15, -0.1) is 0 Å². The molecule has 3 unspecified atom stereocenters. The normalized spacial score (nSPS) is 29.5. The van der Waals surface area contributed by atoms with E-state index >= 15 is 0 Å². The van der Waals surface area contributed by atoms with Gasteiger partial charge in [0, 0.05) is 23.3 Å². The third-order valence-corrected chi connectivity index (χ3v) is 4.68. The largest absolute Gasteiger partial charge is 0.352 e. The van der Waals surface area contributed by atoms with Crippen LogP contribution >= 0.6 is 31.9 Å². The lowest BCUT2D eigenvalue weighted by atomic mass is 9.86. The first-order valence-corrected chi connectivity index (χ1v) is 7.65. The van der Waals surface area contributed by atoms with Crippen molar-refractivity contribution in [3.63, 3.8) is 0 Å². The minimum absolute atomic E-state index is 0.552. The number of pyridine rings is 1. The molecule has 1 aromatic heterocycles. The number of anilines is 1. The summed E-state index contributed by atoms with van der Waals surface area (Å²) in [6.07, 6.45) is 3.18. The molecule has 1 saturated heterocycles. The summed E-state index contributed by atoms with van der Waals surface area (Å²) in [6, 6.07) is 2.62. The molecule has 1 fully saturated rings. The number of hydrogen-bond donors (Lipinski definition) is 0. The highest BCUT2D eigenvalue weighted by molar-refractivity contribution is 9.11. The van der Waals surface area contributed by atoms with Crippen molar-refractivity contribution < 1.29 is 0 Å². The smallest absolute Gasteiger partial charge is 0.143 e. The van der Waals surface area contributed by atoms with Gasteiger partial charge in [-0.3, -0.25) is 0 Å². The van der Waals surface area contributed by atoms with E-state index in [2.05, 4.69) is 68.6 Å². The lowest BCUT2D eigenvalue weighted by Crippen LogP contribution is -2.46. The van der Waals surface area contributed by atoms with E-state index in [1.54, 1.807) is 0 Å². The highest BCUT2D eigenvalue weighted by Crippen LogP contribution is 2.34. The molecule has 1 aromatic rings. The molecule has 0 radical (unpaired) electrons. The van der Waals surface area contributed by atoms with Gasteiger partial charge in [0.05, 0.1) is 4.47 Å². The molecule has 2 rings (SSSR count). The minimum atomic E-state index is 0.552. The van der Waals surface area contributed by atoms with Crippen molar-refractivity contribution in [3.05, 3.63) is 21.2 Å². The Hall–Kier alpha value is -0.0900. The van der Waals surface area contributed by atoms with Crippen molar-refractivity contribution in [2.75, 3.05) is 11.4 Å². The highest BCUT2D eigenvalue weighted by Gasteiger charge is 2.30. The van der Waals surface area contributed by atoms with E-state index in [1.807, 2.05) is 6.20 Å². The van der Waals surface area contributed by atoms with E-state index < -0.39 is 0 Å². The maximum Gasteiger partial charge on any atom is 0.143 e. The molecule has 2 heterocycles. The summed E-state index contributed by atoms with van der Waals surface area (Å²) < 4.78 is 2.08. The zero-order chi connectivity index (χ0) is 12.6. The first kappa shape index (κ1) is 13.3. The average molecular weight is 362 g/mol. The fourth-order valence-electron chi connectivity index (χ4n) is 2.61. The number of aromatic nitrogens is 1. The Bertz CT molecular complexity index is 408. The van der Waals surface area contributed by atoms with Gasteiger partial charge in [0.1, 0.15) is 5.82 Å². The van der Waals surface area contributed by atoms with Gasteiger partial charge in [0.25, 0.3) is 0 Å². The Kier molecular flexibility index (Phi) is 4.14. The van der Waals surface area contributed by atoms with E-state index in [1.165, 1.54) is 6.42 Å². The van der Waals surface area contributed by atoms with E-state index in [0.29, 0.717) is 6.04 Å². The van der Waals surface area contributed by atoms with Crippen LogP contribution in [0.1, 0.15) is 27.2 Å². The zero-order valence-electron chi connectivity index (χ0n) is 10.5. The topological polar surface area (TPSA) is 16.1 Å². The van der Waals surface area contributed by atoms with Crippen molar-refractivity contribution in [1.82, 2.24) is 4.98 Å². The Morgan fingerprint density at radius 2 is 2.00 bits per heavy atom. The summed E-state index contributed by atoms with van der Waals surface area (Å²) in [4.78, 5) is 6.98. The summed E-state index contributed by atoms with van der Waals surface area (Å²) >= 11 is 7.06. The molecule has 94 valence electrons. The third-order valence-electron chi connectivity index (χ3n) is 3.66. The van der Waals surface area contributed by atoms with Gasteiger partial charge >= 0.3 is 0 Å². The van der Waals surface area contributed by atoms with Crippen LogP contribution in [0, 0.1) is 11.8 Å². The molecular weight excluding hydrogens is 344 g/mol. The van der Waals surface area contributed by atoms with Gasteiger partial charge in [-0.05, 0) is 63.1 Å². The van der Waals surface area contributed by atoms with Crippen LogP contribution in [0.4, 0.5) is 5.82 Å². The Morgan fingerprint density at radius 1 is 1.29 bits per heavy atom. The lowest BCUT2D eigenvalue weighted by molar-refractivity contribution is 0.295. The fourth-order valence-corrected chi connectivity index (χ4v) is 3.83. The maximum absolute atomic E-state index is 4.55. The SMILES string of the molecule is CC1CC(C)C(C)N(c2ncc(Br)cc2Br)C1. The summed E-state index contributed by atoms with van der Waals surface area (Å²) in [5.41, 5.74) is 0. The number of hydrogen-bond acceptors (Lipinski definition) is 2. The highest BCUT2D eigenvalue weighted by atomic mass is 79.9. The average Bonchev–Trinajstić information content (AvgIpc) is 2.24. The summed E-state index contributed by atoms with van der Waals surface area (Å²) in [7, 11) is 0. The quantitative estimate of drug-likeness (QED) is 0.733. The molecule has 0 bridgehead atoms. The van der Waals surface area contributed by atoms with E-state index in [9.17, 15) is 0 Å². The zero-order valence-corrected chi connectivity index (χ0v) is 13.6. The van der Waals surface area contributed by atoms with Crippen LogP contribution in [-0.2, 0) is 0 Å². The molecule has 4 heteroatoms. The van der Waals surface area contributed by atoms with Crippen LogP contribution in [-0.4, -0.2) is 17.6 Å². The van der Waals surface area contributed by atoms with Crippen LogP contribution < -0.4 is 4.90 Å². The van der Waals surface area contributed by atoms with E-state index in [4.69, 9.17) is 0 Å². The predicted molar refractivity (Wildman–Crippen MR) is 79.4 cm³/mol. The van der Waals surface area contributed by atoms with Crippen LogP contribution in [0.5, 0.6) is 0 Å². The van der Waals surface area contributed by atoms with Crippen LogP contribution in [0.3, 0.4) is 0 Å². The molecule has 3 atom stereocenters. The van der Waals surface area contributed by atoms with Gasteiger partial charge in [-0.1, -0.05) is 13.8 Å². The molecule has 2 nitrogen and oxygen atoms in total. The molecule has 0 saturated carbocycles. The predicted octanol–water partition coefficient (Wildman–Crippen LogP) is 4.48. The van der Waals surface area contributed by atoms with Gasteiger partial charge < -0.3 is 4.90 Å². The molecule has 1 aliphatic rings. The van der Waals surface area contributed by atoms with Gasteiger partial charge in [-0.2, -0.15) is 0 Å². The molecule has 0 spiro atoms. The van der Waals surface area contributed by atoms with Crippen molar-refractivity contribution in [2.45, 2.75) is 33.2 Å². The Labute approximate surface area is 120 Å². The van der Waals surface area contributed by atoms with Crippen LogP contribution in [0.15, 0.2) is 21.2 Å². The summed E-state index contributed by atoms with van der Waals surface area (Å²) in [5.74, 6) is 2.52. The van der Waals surface area contributed by atoms with Gasteiger partial charge in [0.15, 0.2) is 0 Å². The van der Waals surface area contributed by atoms with Crippen LogP contribution in [0.25, 0.3) is 0 Å². The molecule has 0 aromatic carbocycles. The van der Waals surface area contributed by atoms with Gasteiger partial charge in [0.2, 0.25) is 0 Å². The maximum atomic E-state index is 4.55. The Morgan fingerprint density at radius 3 is 2.65 bits per heavy atom. The molecule has 0 aliphatic carbocycles. The second kappa shape index (κ2) is 5.27. The first-order chi connectivity index (χ1) is 7.99. The number of piperidine rings is 1. The first-order valence-electron chi connectivity index (χ1n) is 6.06. The number of nitrogens with zero attached hydrogens (tertiary/aromatic N) is 2. The monoisotopic (exact) mass is 360 g/mol. The molecule has 17 heavy (non-hydrogen) atoms. The molecule has 0 N–H and O–H groups in total. The Balaban J connectivity index is 2.31. The molecule has 0 amide bonds. The molecule has 1 aliphatic heterocycles. The van der Waals surface area contributed by atoms with Crippen molar-refractivity contribution in [1.29, 1.82) is 0 Å². The van der Waals surface area contributed by atoms with Crippen LogP contribution in [0.2, 0.25) is 0 Å². The number of halogens is 2.